The number of furan rings is 1. The van der Waals surface area contributed by atoms with Gasteiger partial charge in [0.1, 0.15) is 5.69 Å². The van der Waals surface area contributed by atoms with Crippen LogP contribution in [0.25, 0.3) is 11.5 Å². The number of aryl methyl sites for hydroxylation is 1. The topological polar surface area (TPSA) is 42.8 Å². The maximum absolute atomic E-state index is 5.59. The van der Waals surface area contributed by atoms with Crippen LogP contribution in [0.3, 0.4) is 0 Å². The van der Waals surface area contributed by atoms with Crippen molar-refractivity contribution >= 4 is 35.0 Å². The number of nitrogens with zero attached hydrogens (tertiary/aromatic N) is 3. The molecule has 0 saturated heterocycles. The van der Waals surface area contributed by atoms with E-state index in [0.29, 0.717) is 0 Å². The first-order chi connectivity index (χ1) is 13.7. The van der Waals surface area contributed by atoms with Gasteiger partial charge < -0.3 is 4.42 Å². The molecular formula is C22H19N3OS2. The van der Waals surface area contributed by atoms with E-state index in [0.717, 1.165) is 27.5 Å². The van der Waals surface area contributed by atoms with Crippen LogP contribution in [0.2, 0.25) is 0 Å². The number of thioether (sulfide) groups is 1. The van der Waals surface area contributed by atoms with Crippen LogP contribution in [-0.2, 0) is 0 Å². The Hall–Kier alpha value is -2.83. The van der Waals surface area contributed by atoms with Crippen LogP contribution in [0.1, 0.15) is 11.1 Å². The fourth-order valence-electron chi connectivity index (χ4n) is 2.63. The lowest BCUT2D eigenvalue weighted by atomic mass is 10.2. The van der Waals surface area contributed by atoms with Gasteiger partial charge >= 0.3 is 0 Å². The number of benzene rings is 2. The average Bonchev–Trinajstić information content (AvgIpc) is 3.38. The molecule has 0 bridgehead atoms. The molecule has 2 aromatic carbocycles. The number of aromatic nitrogens is 1. The molecule has 0 spiro atoms. The number of thiazole rings is 1. The highest BCUT2D eigenvalue weighted by atomic mass is 32.2. The Bertz CT molecular complexity index is 1140. The quantitative estimate of drug-likeness (QED) is 0.304. The van der Waals surface area contributed by atoms with E-state index in [9.17, 15) is 0 Å². The smallest absolute Gasteiger partial charge is 0.211 e. The summed E-state index contributed by atoms with van der Waals surface area (Å²) >= 11 is 3.26. The zero-order valence-electron chi connectivity index (χ0n) is 15.6. The zero-order chi connectivity index (χ0) is 19.3. The molecule has 4 rings (SSSR count). The Morgan fingerprint density at radius 3 is 2.50 bits per heavy atom. The second-order valence-electron chi connectivity index (χ2n) is 6.16. The molecule has 0 aliphatic heterocycles. The lowest BCUT2D eigenvalue weighted by Crippen LogP contribution is -2.11. The monoisotopic (exact) mass is 405 g/mol. The summed E-state index contributed by atoms with van der Waals surface area (Å²) in [6.07, 6.45) is 5.58. The van der Waals surface area contributed by atoms with E-state index in [1.807, 2.05) is 40.5 Å². The van der Waals surface area contributed by atoms with Crippen molar-refractivity contribution in [3.8, 4) is 11.5 Å². The maximum atomic E-state index is 5.59. The largest absolute Gasteiger partial charge is 0.463 e. The first-order valence-corrected chi connectivity index (χ1v) is 10.9. The molecule has 0 atom stereocenters. The molecular weight excluding hydrogens is 386 g/mol. The van der Waals surface area contributed by atoms with Crippen LogP contribution in [-0.4, -0.2) is 17.1 Å². The van der Waals surface area contributed by atoms with Crippen LogP contribution in [0.5, 0.6) is 0 Å². The Balaban J connectivity index is 1.77. The lowest BCUT2D eigenvalue weighted by molar-refractivity contribution is 0.575. The molecule has 6 heteroatoms. The Morgan fingerprint density at radius 1 is 1.04 bits per heavy atom. The van der Waals surface area contributed by atoms with Gasteiger partial charge in [0.15, 0.2) is 5.76 Å². The van der Waals surface area contributed by atoms with Crippen LogP contribution in [0, 0.1) is 6.92 Å². The predicted octanol–water partition coefficient (Wildman–Crippen LogP) is 5.95. The average molecular weight is 406 g/mol. The van der Waals surface area contributed by atoms with Gasteiger partial charge in [-0.25, -0.2) is 9.67 Å². The molecule has 2 heterocycles. The molecule has 0 amide bonds. The second kappa shape index (κ2) is 8.46. The minimum Gasteiger partial charge on any atom is -0.463 e. The van der Waals surface area contributed by atoms with E-state index in [4.69, 9.17) is 14.5 Å². The number of rotatable bonds is 5. The molecule has 0 unspecified atom stereocenters. The minimum atomic E-state index is 0.761. The minimum absolute atomic E-state index is 0.761. The molecule has 0 N–H and O–H groups in total. The Labute approximate surface area is 171 Å². The van der Waals surface area contributed by atoms with Crippen molar-refractivity contribution in [2.45, 2.75) is 11.8 Å². The molecule has 0 saturated carbocycles. The zero-order valence-corrected chi connectivity index (χ0v) is 17.2. The molecule has 0 fully saturated rings. The summed E-state index contributed by atoms with van der Waals surface area (Å²) < 4.78 is 7.41. The van der Waals surface area contributed by atoms with Crippen molar-refractivity contribution in [2.24, 2.45) is 10.1 Å². The first kappa shape index (κ1) is 18.5. The molecule has 140 valence electrons. The van der Waals surface area contributed by atoms with Crippen molar-refractivity contribution in [2.75, 3.05) is 6.26 Å². The van der Waals surface area contributed by atoms with E-state index >= 15 is 0 Å². The van der Waals surface area contributed by atoms with E-state index in [1.165, 1.54) is 21.8 Å². The van der Waals surface area contributed by atoms with Crippen molar-refractivity contribution in [3.05, 3.63) is 88.2 Å². The molecule has 28 heavy (non-hydrogen) atoms. The third kappa shape index (κ3) is 4.18. The third-order valence-electron chi connectivity index (χ3n) is 4.16. The van der Waals surface area contributed by atoms with Crippen molar-refractivity contribution < 1.29 is 4.42 Å². The summed E-state index contributed by atoms with van der Waals surface area (Å²) in [5.41, 5.74) is 4.01. The van der Waals surface area contributed by atoms with Gasteiger partial charge in [0.05, 0.1) is 18.2 Å². The molecule has 4 aromatic rings. The van der Waals surface area contributed by atoms with E-state index in [-0.39, 0.29) is 0 Å². The first-order valence-electron chi connectivity index (χ1n) is 8.77. The van der Waals surface area contributed by atoms with Crippen LogP contribution < -0.4 is 4.80 Å². The number of hydrogen-bond acceptors (Lipinski definition) is 5. The van der Waals surface area contributed by atoms with Gasteiger partial charge in [0.25, 0.3) is 0 Å². The Kier molecular flexibility index (Phi) is 5.60. The molecule has 4 nitrogen and oxygen atoms in total. The van der Waals surface area contributed by atoms with E-state index in [2.05, 4.69) is 49.6 Å². The van der Waals surface area contributed by atoms with Crippen molar-refractivity contribution in [1.29, 1.82) is 0 Å². The summed E-state index contributed by atoms with van der Waals surface area (Å²) in [5, 5.41) is 6.72. The van der Waals surface area contributed by atoms with Gasteiger partial charge in [-0.05, 0) is 55.1 Å². The Morgan fingerprint density at radius 2 is 1.82 bits per heavy atom. The number of hydrogen-bond donors (Lipinski definition) is 0. The standard InChI is InChI=1S/C22H19N3OS2/c1-16-5-9-18(10-6-16)24-22-25(20(15-28-22)21-4-3-13-26-21)23-14-17-7-11-19(27-2)12-8-17/h3-15H,1-2H3. The highest BCUT2D eigenvalue weighted by Gasteiger charge is 2.10. The SMILES string of the molecule is CSc1ccc(C=Nn2c(-c3ccco3)csc2=Nc2ccc(C)cc2)cc1. The predicted molar refractivity (Wildman–Crippen MR) is 118 cm³/mol. The van der Waals surface area contributed by atoms with Crippen LogP contribution >= 0.6 is 23.1 Å². The van der Waals surface area contributed by atoms with Crippen molar-refractivity contribution in [1.82, 2.24) is 4.68 Å². The highest BCUT2D eigenvalue weighted by molar-refractivity contribution is 7.98. The van der Waals surface area contributed by atoms with Gasteiger partial charge in [-0.1, -0.05) is 29.8 Å². The normalized spacial score (nSPS) is 12.1. The summed E-state index contributed by atoms with van der Waals surface area (Å²) in [7, 11) is 0. The van der Waals surface area contributed by atoms with E-state index in [1.54, 1.807) is 18.0 Å². The summed E-state index contributed by atoms with van der Waals surface area (Å²) in [6, 6.07) is 20.2. The summed E-state index contributed by atoms with van der Waals surface area (Å²) in [5.74, 6) is 0.761. The summed E-state index contributed by atoms with van der Waals surface area (Å²) in [6.45, 7) is 2.07. The van der Waals surface area contributed by atoms with Gasteiger partial charge in [-0.3, -0.25) is 0 Å². The van der Waals surface area contributed by atoms with Gasteiger partial charge in [0.2, 0.25) is 4.80 Å². The van der Waals surface area contributed by atoms with Gasteiger partial charge in [-0.15, -0.1) is 23.1 Å². The molecule has 0 aliphatic rings. The molecule has 0 radical (unpaired) electrons. The van der Waals surface area contributed by atoms with Gasteiger partial charge in [0, 0.05) is 10.3 Å². The highest BCUT2D eigenvalue weighted by Crippen LogP contribution is 2.21. The second-order valence-corrected chi connectivity index (χ2v) is 7.87. The van der Waals surface area contributed by atoms with Crippen molar-refractivity contribution in [3.63, 3.8) is 0 Å². The summed E-state index contributed by atoms with van der Waals surface area (Å²) in [4.78, 5) is 6.79. The van der Waals surface area contributed by atoms with Gasteiger partial charge in [-0.2, -0.15) is 5.10 Å². The maximum Gasteiger partial charge on any atom is 0.211 e. The molecule has 2 aromatic heterocycles. The lowest BCUT2D eigenvalue weighted by Gasteiger charge is -2.01. The fraction of sp³-hybridized carbons (Fsp3) is 0.0909. The van der Waals surface area contributed by atoms with Crippen LogP contribution in [0.4, 0.5) is 5.69 Å². The van der Waals surface area contributed by atoms with E-state index < -0.39 is 0 Å². The molecule has 0 aliphatic carbocycles. The third-order valence-corrected chi connectivity index (χ3v) is 5.72. The van der Waals surface area contributed by atoms with Crippen LogP contribution in [0.15, 0.2) is 91.7 Å². The fourth-order valence-corrected chi connectivity index (χ4v) is 3.87.